The molecule has 0 radical (unpaired) electrons. The third-order valence-electron chi connectivity index (χ3n) is 3.69. The second kappa shape index (κ2) is 4.35. The Balaban J connectivity index is 2.29. The zero-order chi connectivity index (χ0) is 13.5. The van der Waals surface area contributed by atoms with Crippen LogP contribution in [0.15, 0.2) is 0 Å². The van der Waals surface area contributed by atoms with Crippen molar-refractivity contribution in [2.24, 2.45) is 5.92 Å². The van der Waals surface area contributed by atoms with Crippen molar-refractivity contribution in [3.8, 4) is 0 Å². The zero-order valence-corrected chi connectivity index (χ0v) is 10.9. The summed E-state index contributed by atoms with van der Waals surface area (Å²) in [7, 11) is 1.33. The molecule has 0 bridgehead atoms. The standard InChI is InChI=1S/C12H18N2O4/c1-12(2)11(17)13-8(15)6-14(12)9(7-4-5-7)10(16)18-3/h7,9H,4-6H2,1-3H3,(H,13,15,17). The van der Waals surface area contributed by atoms with Gasteiger partial charge in [0.15, 0.2) is 0 Å². The SMILES string of the molecule is COC(=O)C(C1CC1)N1CC(=O)NC(=O)C1(C)C. The topological polar surface area (TPSA) is 75.7 Å². The summed E-state index contributed by atoms with van der Waals surface area (Å²) in [6, 6.07) is -0.500. The lowest BCUT2D eigenvalue weighted by Gasteiger charge is -2.43. The number of esters is 1. The first-order chi connectivity index (χ1) is 8.37. The van der Waals surface area contributed by atoms with Crippen LogP contribution in [-0.2, 0) is 19.1 Å². The Morgan fingerprint density at radius 2 is 2.06 bits per heavy atom. The van der Waals surface area contributed by atoms with E-state index in [0.29, 0.717) is 0 Å². The third kappa shape index (κ3) is 2.12. The van der Waals surface area contributed by atoms with Crippen LogP contribution >= 0.6 is 0 Å². The van der Waals surface area contributed by atoms with Gasteiger partial charge in [0.25, 0.3) is 0 Å². The first kappa shape index (κ1) is 13.0. The number of hydrogen-bond acceptors (Lipinski definition) is 5. The molecule has 2 fully saturated rings. The van der Waals surface area contributed by atoms with Gasteiger partial charge in [0.05, 0.1) is 19.2 Å². The molecule has 1 saturated carbocycles. The molecule has 6 nitrogen and oxygen atoms in total. The molecule has 1 aliphatic heterocycles. The Morgan fingerprint density at radius 1 is 1.44 bits per heavy atom. The molecule has 1 saturated heterocycles. The van der Waals surface area contributed by atoms with Crippen LogP contribution in [0.1, 0.15) is 26.7 Å². The van der Waals surface area contributed by atoms with Crippen molar-refractivity contribution in [1.82, 2.24) is 10.2 Å². The molecule has 100 valence electrons. The molecule has 2 amide bonds. The number of methoxy groups -OCH3 is 1. The number of hydrogen-bond donors (Lipinski definition) is 1. The van der Waals surface area contributed by atoms with E-state index in [9.17, 15) is 14.4 Å². The van der Waals surface area contributed by atoms with E-state index in [-0.39, 0.29) is 30.2 Å². The smallest absolute Gasteiger partial charge is 0.323 e. The summed E-state index contributed by atoms with van der Waals surface area (Å²) in [5, 5.41) is 2.30. The molecule has 0 aromatic carbocycles. The minimum absolute atomic E-state index is 0.0506. The van der Waals surface area contributed by atoms with Crippen molar-refractivity contribution in [2.75, 3.05) is 13.7 Å². The molecule has 0 aromatic heterocycles. The lowest BCUT2D eigenvalue weighted by molar-refractivity contribution is -0.158. The number of piperazine rings is 1. The lowest BCUT2D eigenvalue weighted by Crippen LogP contribution is -2.68. The molecular weight excluding hydrogens is 236 g/mol. The summed E-state index contributed by atoms with van der Waals surface area (Å²) in [5.41, 5.74) is -0.880. The van der Waals surface area contributed by atoms with Crippen molar-refractivity contribution < 1.29 is 19.1 Å². The summed E-state index contributed by atoms with van der Waals surface area (Å²) in [5.74, 6) is -0.911. The van der Waals surface area contributed by atoms with Crippen LogP contribution in [0.5, 0.6) is 0 Å². The number of amides is 2. The molecule has 1 heterocycles. The first-order valence-corrected chi connectivity index (χ1v) is 6.06. The fourth-order valence-electron chi connectivity index (χ4n) is 2.35. The summed E-state index contributed by atoms with van der Waals surface area (Å²) in [6.07, 6.45) is 1.87. The van der Waals surface area contributed by atoms with Gasteiger partial charge in [0, 0.05) is 0 Å². The van der Waals surface area contributed by atoms with Crippen LogP contribution in [-0.4, -0.2) is 47.9 Å². The van der Waals surface area contributed by atoms with E-state index in [1.54, 1.807) is 18.7 Å². The molecular formula is C12H18N2O4. The van der Waals surface area contributed by atoms with Crippen molar-refractivity contribution in [2.45, 2.75) is 38.3 Å². The molecule has 1 unspecified atom stereocenters. The van der Waals surface area contributed by atoms with E-state index in [4.69, 9.17) is 4.74 Å². The van der Waals surface area contributed by atoms with Gasteiger partial charge in [-0.15, -0.1) is 0 Å². The van der Waals surface area contributed by atoms with Crippen LogP contribution < -0.4 is 5.32 Å². The van der Waals surface area contributed by atoms with Crippen molar-refractivity contribution >= 4 is 17.8 Å². The molecule has 6 heteroatoms. The van der Waals surface area contributed by atoms with Gasteiger partial charge < -0.3 is 4.74 Å². The van der Waals surface area contributed by atoms with Crippen molar-refractivity contribution in [1.29, 1.82) is 0 Å². The van der Waals surface area contributed by atoms with Gasteiger partial charge >= 0.3 is 5.97 Å². The Hall–Kier alpha value is -1.43. The number of imide groups is 1. The van der Waals surface area contributed by atoms with E-state index in [1.165, 1.54) is 7.11 Å². The average molecular weight is 254 g/mol. The van der Waals surface area contributed by atoms with Gasteiger partial charge in [0.2, 0.25) is 11.8 Å². The van der Waals surface area contributed by atoms with Gasteiger partial charge in [-0.2, -0.15) is 0 Å². The van der Waals surface area contributed by atoms with E-state index in [2.05, 4.69) is 5.32 Å². The molecule has 18 heavy (non-hydrogen) atoms. The van der Waals surface area contributed by atoms with Crippen LogP contribution in [0.2, 0.25) is 0 Å². The monoisotopic (exact) mass is 254 g/mol. The van der Waals surface area contributed by atoms with Gasteiger partial charge in [-0.25, -0.2) is 0 Å². The zero-order valence-electron chi connectivity index (χ0n) is 10.9. The van der Waals surface area contributed by atoms with Crippen molar-refractivity contribution in [3.05, 3.63) is 0 Å². The number of nitrogens with zero attached hydrogens (tertiary/aromatic N) is 1. The van der Waals surface area contributed by atoms with Gasteiger partial charge in [-0.3, -0.25) is 24.6 Å². The second-order valence-corrected chi connectivity index (χ2v) is 5.37. The maximum Gasteiger partial charge on any atom is 0.323 e. The van der Waals surface area contributed by atoms with E-state index in [0.717, 1.165) is 12.8 Å². The number of carbonyl (C=O) groups excluding carboxylic acids is 3. The summed E-state index contributed by atoms with van der Waals surface area (Å²) < 4.78 is 4.81. The van der Waals surface area contributed by atoms with Crippen LogP contribution in [0.3, 0.4) is 0 Å². The van der Waals surface area contributed by atoms with Crippen LogP contribution in [0.4, 0.5) is 0 Å². The molecule has 1 atom stereocenters. The molecule has 2 rings (SSSR count). The molecule has 1 aliphatic carbocycles. The Kier molecular flexibility index (Phi) is 3.14. The summed E-state index contributed by atoms with van der Waals surface area (Å²) >= 11 is 0. The highest BCUT2D eigenvalue weighted by molar-refractivity contribution is 6.03. The minimum Gasteiger partial charge on any atom is -0.468 e. The van der Waals surface area contributed by atoms with Crippen LogP contribution in [0.25, 0.3) is 0 Å². The average Bonchev–Trinajstić information content (AvgIpc) is 3.10. The predicted molar refractivity (Wildman–Crippen MR) is 62.5 cm³/mol. The highest BCUT2D eigenvalue weighted by atomic mass is 16.5. The van der Waals surface area contributed by atoms with Gasteiger partial charge in [-0.1, -0.05) is 0 Å². The van der Waals surface area contributed by atoms with Gasteiger partial charge in [0.1, 0.15) is 6.04 Å². The Morgan fingerprint density at radius 3 is 2.56 bits per heavy atom. The second-order valence-electron chi connectivity index (χ2n) is 5.37. The number of nitrogens with one attached hydrogen (secondary N) is 1. The normalized spacial score (nSPS) is 25.5. The first-order valence-electron chi connectivity index (χ1n) is 6.06. The van der Waals surface area contributed by atoms with Crippen molar-refractivity contribution in [3.63, 3.8) is 0 Å². The maximum atomic E-state index is 11.9. The summed E-state index contributed by atoms with van der Waals surface area (Å²) in [6.45, 7) is 3.48. The number of carbonyl (C=O) groups is 3. The molecule has 0 aromatic rings. The highest BCUT2D eigenvalue weighted by Crippen LogP contribution is 2.38. The van der Waals surface area contributed by atoms with Gasteiger partial charge in [-0.05, 0) is 32.6 Å². The molecule has 1 N–H and O–H groups in total. The maximum absolute atomic E-state index is 11.9. The third-order valence-corrected chi connectivity index (χ3v) is 3.69. The molecule has 0 spiro atoms. The summed E-state index contributed by atoms with van der Waals surface area (Å²) in [4.78, 5) is 36.9. The number of rotatable bonds is 3. The Bertz CT molecular complexity index is 401. The van der Waals surface area contributed by atoms with E-state index in [1.807, 2.05) is 0 Å². The predicted octanol–water partition coefficient (Wildman–Crippen LogP) is -0.325. The minimum atomic E-state index is -0.880. The highest BCUT2D eigenvalue weighted by Gasteiger charge is 2.51. The Labute approximate surface area is 106 Å². The quantitative estimate of drug-likeness (QED) is 0.551. The largest absolute Gasteiger partial charge is 0.468 e. The van der Waals surface area contributed by atoms with E-state index < -0.39 is 11.6 Å². The van der Waals surface area contributed by atoms with E-state index >= 15 is 0 Å². The fourth-order valence-corrected chi connectivity index (χ4v) is 2.35. The molecule has 2 aliphatic rings. The lowest BCUT2D eigenvalue weighted by atomic mass is 9.94. The fraction of sp³-hybridized carbons (Fsp3) is 0.750. The number of ether oxygens (including phenoxy) is 1. The van der Waals surface area contributed by atoms with Crippen LogP contribution in [0, 0.1) is 5.92 Å².